The van der Waals surface area contributed by atoms with Gasteiger partial charge in [-0.1, -0.05) is 61.8 Å². The molecule has 1 unspecified atom stereocenters. The minimum absolute atomic E-state index is 0.0147. The maximum absolute atomic E-state index is 13.1. The highest BCUT2D eigenvalue weighted by atomic mass is 35.5. The summed E-state index contributed by atoms with van der Waals surface area (Å²) in [6, 6.07) is 22.3. The molecule has 0 bridgehead atoms. The Kier molecular flexibility index (Phi) is 5.60. The summed E-state index contributed by atoms with van der Waals surface area (Å²) in [4.78, 5) is 26.0. The number of hydrogen-bond donors (Lipinski definition) is 1. The highest BCUT2D eigenvalue weighted by molar-refractivity contribution is 6.30. The van der Waals surface area contributed by atoms with Gasteiger partial charge in [0.2, 0.25) is 5.91 Å². The van der Waals surface area contributed by atoms with Crippen LogP contribution in [0.15, 0.2) is 77.6 Å². The molecule has 0 spiro atoms. The molecule has 0 aliphatic carbocycles. The first kappa shape index (κ1) is 20.2. The van der Waals surface area contributed by atoms with E-state index in [-0.39, 0.29) is 29.8 Å². The van der Waals surface area contributed by atoms with Crippen LogP contribution in [-0.2, 0) is 11.3 Å². The third kappa shape index (κ3) is 3.83. The van der Waals surface area contributed by atoms with E-state index in [0.717, 1.165) is 16.6 Å². The molecule has 152 valence electrons. The van der Waals surface area contributed by atoms with E-state index in [1.54, 1.807) is 0 Å². The molecular formula is C25H23ClN2O2. The summed E-state index contributed by atoms with van der Waals surface area (Å²) in [5, 5.41) is 5.06. The smallest absolute Gasteiger partial charge is 0.240 e. The van der Waals surface area contributed by atoms with Crippen LogP contribution in [0.2, 0.25) is 5.02 Å². The molecule has 4 nitrogen and oxygen atoms in total. The summed E-state index contributed by atoms with van der Waals surface area (Å²) in [6.45, 7) is 4.27. The number of amides is 1. The molecule has 1 amide bonds. The molecule has 1 heterocycles. The molecule has 0 saturated carbocycles. The van der Waals surface area contributed by atoms with Crippen molar-refractivity contribution in [2.75, 3.05) is 0 Å². The number of nitrogens with zero attached hydrogens (tertiary/aromatic N) is 1. The average Bonchev–Trinajstić information content (AvgIpc) is 2.75. The summed E-state index contributed by atoms with van der Waals surface area (Å²) < 4.78 is 1.92. The molecule has 4 aromatic rings. The number of hydrogen-bond acceptors (Lipinski definition) is 2. The van der Waals surface area contributed by atoms with E-state index < -0.39 is 0 Å². The number of halogens is 1. The van der Waals surface area contributed by atoms with Gasteiger partial charge in [0.05, 0.1) is 17.1 Å². The minimum atomic E-state index is -0.133. The fraction of sp³-hybridized carbons (Fsp3) is 0.200. The summed E-state index contributed by atoms with van der Waals surface area (Å²) >= 11 is 6.02. The van der Waals surface area contributed by atoms with Gasteiger partial charge in [-0.25, -0.2) is 0 Å². The van der Waals surface area contributed by atoms with Gasteiger partial charge in [-0.3, -0.25) is 9.59 Å². The topological polar surface area (TPSA) is 51.1 Å². The summed E-state index contributed by atoms with van der Waals surface area (Å²) in [6.07, 6.45) is 0. The van der Waals surface area contributed by atoms with E-state index in [9.17, 15) is 9.59 Å². The van der Waals surface area contributed by atoms with Crippen molar-refractivity contribution >= 4 is 39.3 Å². The van der Waals surface area contributed by atoms with Gasteiger partial charge in [-0.2, -0.15) is 0 Å². The number of carbonyl (C=O) groups excluding carboxylic acids is 1. The Morgan fingerprint density at radius 1 is 0.900 bits per heavy atom. The zero-order chi connectivity index (χ0) is 21.3. The quantitative estimate of drug-likeness (QED) is 0.446. The van der Waals surface area contributed by atoms with E-state index in [0.29, 0.717) is 15.8 Å². The Hall–Kier alpha value is -3.11. The highest BCUT2D eigenvalue weighted by Gasteiger charge is 2.20. The summed E-state index contributed by atoms with van der Waals surface area (Å²) in [5.41, 5.74) is 2.50. The van der Waals surface area contributed by atoms with Crippen molar-refractivity contribution in [2.45, 2.75) is 26.4 Å². The van der Waals surface area contributed by atoms with Crippen LogP contribution in [0.5, 0.6) is 0 Å². The van der Waals surface area contributed by atoms with Gasteiger partial charge < -0.3 is 9.88 Å². The molecule has 1 aromatic heterocycles. The lowest BCUT2D eigenvalue weighted by Gasteiger charge is -2.24. The fourth-order valence-corrected chi connectivity index (χ4v) is 4.04. The highest BCUT2D eigenvalue weighted by Crippen LogP contribution is 2.24. The molecule has 4 rings (SSSR count). The SMILES string of the molecule is CC(C)C(NC(=O)Cn1c2ccccc2c(=O)c2ccccc21)c1ccc(Cl)cc1. The Labute approximate surface area is 180 Å². The normalized spacial score (nSPS) is 12.4. The number of nitrogens with one attached hydrogen (secondary N) is 1. The van der Waals surface area contributed by atoms with Gasteiger partial charge in [-0.15, -0.1) is 0 Å². The van der Waals surface area contributed by atoms with E-state index in [1.807, 2.05) is 77.4 Å². The monoisotopic (exact) mass is 418 g/mol. The van der Waals surface area contributed by atoms with Crippen molar-refractivity contribution < 1.29 is 4.79 Å². The second-order valence-electron chi connectivity index (χ2n) is 7.79. The Bertz CT molecular complexity index is 1220. The predicted molar refractivity (Wildman–Crippen MR) is 123 cm³/mol. The van der Waals surface area contributed by atoms with Crippen LogP contribution in [0, 0.1) is 5.92 Å². The van der Waals surface area contributed by atoms with Gasteiger partial charge in [0.15, 0.2) is 5.43 Å². The number of carbonyl (C=O) groups is 1. The van der Waals surface area contributed by atoms with E-state index in [2.05, 4.69) is 19.2 Å². The molecule has 0 saturated heterocycles. The molecule has 5 heteroatoms. The lowest BCUT2D eigenvalue weighted by Crippen LogP contribution is -2.34. The first-order valence-corrected chi connectivity index (χ1v) is 10.4. The van der Waals surface area contributed by atoms with Crippen LogP contribution in [-0.4, -0.2) is 10.5 Å². The molecule has 3 aromatic carbocycles. The van der Waals surface area contributed by atoms with E-state index in [4.69, 9.17) is 11.6 Å². The van der Waals surface area contributed by atoms with Crippen molar-refractivity contribution in [3.05, 3.63) is 93.6 Å². The predicted octanol–water partition coefficient (Wildman–Crippen LogP) is 5.32. The number of fused-ring (bicyclic) bond motifs is 2. The Morgan fingerprint density at radius 2 is 1.43 bits per heavy atom. The largest absolute Gasteiger partial charge is 0.347 e. The number of rotatable bonds is 5. The lowest BCUT2D eigenvalue weighted by molar-refractivity contribution is -0.122. The molecule has 1 atom stereocenters. The third-order valence-corrected chi connectivity index (χ3v) is 5.64. The van der Waals surface area contributed by atoms with Crippen molar-refractivity contribution in [3.63, 3.8) is 0 Å². The van der Waals surface area contributed by atoms with E-state index in [1.165, 1.54) is 0 Å². The summed E-state index contributed by atoms with van der Waals surface area (Å²) in [7, 11) is 0. The van der Waals surface area contributed by atoms with Gasteiger partial charge in [0.1, 0.15) is 6.54 Å². The first-order chi connectivity index (χ1) is 14.5. The third-order valence-electron chi connectivity index (χ3n) is 5.39. The van der Waals surface area contributed by atoms with Crippen LogP contribution in [0.3, 0.4) is 0 Å². The van der Waals surface area contributed by atoms with Crippen molar-refractivity contribution in [2.24, 2.45) is 5.92 Å². The number of para-hydroxylation sites is 2. The number of pyridine rings is 1. The number of benzene rings is 3. The van der Waals surface area contributed by atoms with Crippen LogP contribution in [0.25, 0.3) is 21.8 Å². The minimum Gasteiger partial charge on any atom is -0.347 e. The molecule has 1 N–H and O–H groups in total. The molecule has 30 heavy (non-hydrogen) atoms. The van der Waals surface area contributed by atoms with Crippen molar-refractivity contribution in [3.8, 4) is 0 Å². The van der Waals surface area contributed by atoms with Crippen LogP contribution >= 0.6 is 11.6 Å². The van der Waals surface area contributed by atoms with Crippen molar-refractivity contribution in [1.29, 1.82) is 0 Å². The molecule has 0 radical (unpaired) electrons. The Morgan fingerprint density at radius 3 is 1.97 bits per heavy atom. The average molecular weight is 419 g/mol. The fourth-order valence-electron chi connectivity index (χ4n) is 3.91. The zero-order valence-electron chi connectivity index (χ0n) is 16.9. The van der Waals surface area contributed by atoms with Gasteiger partial charge in [0.25, 0.3) is 0 Å². The van der Waals surface area contributed by atoms with Gasteiger partial charge in [0, 0.05) is 15.8 Å². The first-order valence-electron chi connectivity index (χ1n) is 10.0. The van der Waals surface area contributed by atoms with Crippen LogP contribution < -0.4 is 10.7 Å². The molecule has 0 aliphatic heterocycles. The zero-order valence-corrected chi connectivity index (χ0v) is 17.7. The van der Waals surface area contributed by atoms with Crippen molar-refractivity contribution in [1.82, 2.24) is 9.88 Å². The van der Waals surface area contributed by atoms with Gasteiger partial charge >= 0.3 is 0 Å². The Balaban J connectivity index is 1.72. The standard InChI is InChI=1S/C25H23ClN2O2/c1-16(2)24(17-11-13-18(26)14-12-17)27-23(29)15-28-21-9-5-3-7-19(21)25(30)20-8-4-6-10-22(20)28/h3-14,16,24H,15H2,1-2H3,(H,27,29). The maximum Gasteiger partial charge on any atom is 0.240 e. The lowest BCUT2D eigenvalue weighted by atomic mass is 9.96. The maximum atomic E-state index is 13.1. The molecular weight excluding hydrogens is 396 g/mol. The number of aromatic nitrogens is 1. The second kappa shape index (κ2) is 8.33. The van der Waals surface area contributed by atoms with Crippen LogP contribution in [0.4, 0.5) is 0 Å². The summed E-state index contributed by atoms with van der Waals surface area (Å²) in [5.74, 6) is 0.0974. The second-order valence-corrected chi connectivity index (χ2v) is 8.23. The van der Waals surface area contributed by atoms with Gasteiger partial charge in [-0.05, 0) is 47.9 Å². The molecule has 0 aliphatic rings. The van der Waals surface area contributed by atoms with E-state index >= 15 is 0 Å². The van der Waals surface area contributed by atoms with Crippen LogP contribution in [0.1, 0.15) is 25.5 Å². The molecule has 0 fully saturated rings.